The van der Waals surface area contributed by atoms with Gasteiger partial charge in [-0.05, 0) is 35.4 Å². The summed E-state index contributed by atoms with van der Waals surface area (Å²) in [5.41, 5.74) is 3.10. The summed E-state index contributed by atoms with van der Waals surface area (Å²) in [6, 6.07) is 14.6. The number of carboxylic acid groups (broad SMARTS) is 1. The van der Waals surface area contributed by atoms with E-state index >= 15 is 0 Å². The highest BCUT2D eigenvalue weighted by molar-refractivity contribution is 7.98. The molecule has 0 spiro atoms. The van der Waals surface area contributed by atoms with Gasteiger partial charge in [0.05, 0.1) is 6.42 Å². The lowest BCUT2D eigenvalue weighted by atomic mass is 10.1. The van der Waals surface area contributed by atoms with E-state index in [1.54, 1.807) is 36.2 Å². The Kier molecular flexibility index (Phi) is 7.87. The van der Waals surface area contributed by atoms with Gasteiger partial charge in [-0.2, -0.15) is 11.8 Å². The Morgan fingerprint density at radius 2 is 1.85 bits per heavy atom. The molecule has 0 fully saturated rings. The van der Waals surface area contributed by atoms with E-state index in [2.05, 4.69) is 5.32 Å². The van der Waals surface area contributed by atoms with Crippen molar-refractivity contribution in [1.29, 1.82) is 0 Å². The molecule has 0 saturated heterocycles. The molecule has 7 heteroatoms. The Morgan fingerprint density at radius 3 is 2.58 bits per heavy atom. The number of nitrogens with one attached hydrogen (secondary N) is 1. The molecule has 0 aliphatic rings. The van der Waals surface area contributed by atoms with E-state index in [-0.39, 0.29) is 12.3 Å². The fourth-order valence-corrected chi connectivity index (χ4v) is 3.86. The zero-order valence-corrected chi connectivity index (χ0v) is 16.1. The quantitative estimate of drug-likeness (QED) is 0.639. The predicted octanol–water partition coefficient (Wildman–Crippen LogP) is 3.53. The van der Waals surface area contributed by atoms with Gasteiger partial charge in [0.2, 0.25) is 0 Å². The van der Waals surface area contributed by atoms with Crippen molar-refractivity contribution in [2.45, 2.75) is 17.9 Å². The number of rotatable bonds is 9. The van der Waals surface area contributed by atoms with Gasteiger partial charge in [-0.1, -0.05) is 24.3 Å². The van der Waals surface area contributed by atoms with Crippen LogP contribution in [-0.2, 0) is 27.1 Å². The number of carboxylic acids is 1. The Balaban J connectivity index is 1.97. The molecule has 2 rings (SSSR count). The standard InChI is InChI=1S/C19H21NO4S2/c1-26(24)13-15-5-2-6-16(10-15)19(23)20-17-7-3-4-14(11-17)12-25-9-8-18(21)22/h2-7,10-11H,8-9,12-13H2,1H3,(H,20,23)(H,21,22). The van der Waals surface area contributed by atoms with Crippen LogP contribution in [0.15, 0.2) is 48.5 Å². The maximum atomic E-state index is 12.4. The lowest BCUT2D eigenvalue weighted by Crippen LogP contribution is -2.12. The van der Waals surface area contributed by atoms with Crippen molar-refractivity contribution in [2.24, 2.45) is 0 Å². The van der Waals surface area contributed by atoms with E-state index in [9.17, 15) is 13.8 Å². The molecule has 1 amide bonds. The van der Waals surface area contributed by atoms with Gasteiger partial charge in [-0.25, -0.2) is 0 Å². The van der Waals surface area contributed by atoms with Gasteiger partial charge in [0.1, 0.15) is 0 Å². The van der Waals surface area contributed by atoms with Crippen molar-refractivity contribution in [3.05, 3.63) is 65.2 Å². The van der Waals surface area contributed by atoms with Crippen molar-refractivity contribution >= 4 is 40.1 Å². The molecule has 0 aliphatic heterocycles. The molecular formula is C19H21NO4S2. The number of aliphatic carboxylic acids is 1. The summed E-state index contributed by atoms with van der Waals surface area (Å²) in [5.74, 6) is 0.647. The SMILES string of the molecule is CS(=O)Cc1cccc(C(=O)Nc2cccc(CSCCC(=O)O)c2)c1. The summed E-state index contributed by atoms with van der Waals surface area (Å²) < 4.78 is 11.3. The maximum Gasteiger partial charge on any atom is 0.304 e. The summed E-state index contributed by atoms with van der Waals surface area (Å²) in [5, 5.41) is 11.5. The highest BCUT2D eigenvalue weighted by Gasteiger charge is 2.08. The third-order valence-electron chi connectivity index (χ3n) is 3.47. The molecule has 0 heterocycles. The summed E-state index contributed by atoms with van der Waals surface area (Å²) in [4.78, 5) is 23.0. The summed E-state index contributed by atoms with van der Waals surface area (Å²) >= 11 is 1.54. The van der Waals surface area contributed by atoms with Crippen LogP contribution in [0.4, 0.5) is 5.69 Å². The molecule has 1 unspecified atom stereocenters. The second-order valence-electron chi connectivity index (χ2n) is 5.77. The van der Waals surface area contributed by atoms with Crippen LogP contribution in [0.25, 0.3) is 0 Å². The fraction of sp³-hybridized carbons (Fsp3) is 0.263. The van der Waals surface area contributed by atoms with Crippen molar-refractivity contribution in [2.75, 3.05) is 17.3 Å². The number of benzene rings is 2. The first-order chi connectivity index (χ1) is 12.4. The molecule has 5 nitrogen and oxygen atoms in total. The molecule has 0 aliphatic carbocycles. The third kappa shape index (κ3) is 7.01. The minimum Gasteiger partial charge on any atom is -0.481 e. The highest BCUT2D eigenvalue weighted by atomic mass is 32.2. The Hall–Kier alpha value is -2.12. The third-order valence-corrected chi connectivity index (χ3v) is 5.24. The highest BCUT2D eigenvalue weighted by Crippen LogP contribution is 2.18. The Morgan fingerprint density at radius 1 is 1.12 bits per heavy atom. The second kappa shape index (κ2) is 10.1. The molecule has 2 aromatic carbocycles. The van der Waals surface area contributed by atoms with Crippen molar-refractivity contribution in [3.8, 4) is 0 Å². The summed E-state index contributed by atoms with van der Waals surface area (Å²) in [7, 11) is -0.957. The lowest BCUT2D eigenvalue weighted by molar-refractivity contribution is -0.136. The molecule has 0 radical (unpaired) electrons. The molecule has 138 valence electrons. The van der Waals surface area contributed by atoms with Gasteiger partial charge >= 0.3 is 5.97 Å². The van der Waals surface area contributed by atoms with E-state index in [0.717, 1.165) is 11.1 Å². The zero-order valence-electron chi connectivity index (χ0n) is 14.4. The van der Waals surface area contributed by atoms with Crippen LogP contribution in [0.5, 0.6) is 0 Å². The second-order valence-corrected chi connectivity index (χ2v) is 8.31. The fourth-order valence-electron chi connectivity index (χ4n) is 2.33. The van der Waals surface area contributed by atoms with Gasteiger partial charge in [0, 0.05) is 45.6 Å². The minimum atomic E-state index is -0.957. The monoisotopic (exact) mass is 391 g/mol. The van der Waals surface area contributed by atoms with Crippen molar-refractivity contribution in [1.82, 2.24) is 0 Å². The van der Waals surface area contributed by atoms with Crippen LogP contribution in [0, 0.1) is 0 Å². The molecule has 0 saturated carbocycles. The number of carbonyl (C=O) groups is 2. The van der Waals surface area contributed by atoms with Crippen molar-refractivity contribution in [3.63, 3.8) is 0 Å². The first-order valence-electron chi connectivity index (χ1n) is 8.03. The van der Waals surface area contributed by atoms with Crippen LogP contribution in [0.3, 0.4) is 0 Å². The number of amides is 1. The van der Waals surface area contributed by atoms with E-state index < -0.39 is 16.8 Å². The van der Waals surface area contributed by atoms with Crippen LogP contribution in [0.1, 0.15) is 27.9 Å². The normalized spacial score (nSPS) is 11.7. The molecule has 2 aromatic rings. The number of hydrogen-bond donors (Lipinski definition) is 2. The molecule has 1 atom stereocenters. The van der Waals surface area contributed by atoms with Crippen LogP contribution in [-0.4, -0.2) is 33.2 Å². The molecular weight excluding hydrogens is 370 g/mol. The molecule has 0 bridgehead atoms. The van der Waals surface area contributed by atoms with E-state index in [1.807, 2.05) is 30.3 Å². The number of carbonyl (C=O) groups excluding carboxylic acids is 1. The zero-order chi connectivity index (χ0) is 18.9. The van der Waals surface area contributed by atoms with Crippen LogP contribution in [0.2, 0.25) is 0 Å². The minimum absolute atomic E-state index is 0.139. The van der Waals surface area contributed by atoms with Gasteiger partial charge in [0.15, 0.2) is 0 Å². The van der Waals surface area contributed by atoms with Gasteiger partial charge in [0.25, 0.3) is 5.91 Å². The predicted molar refractivity (Wildman–Crippen MR) is 107 cm³/mol. The van der Waals surface area contributed by atoms with Gasteiger partial charge < -0.3 is 10.4 Å². The van der Waals surface area contributed by atoms with Crippen LogP contribution < -0.4 is 5.32 Å². The van der Waals surface area contributed by atoms with Gasteiger partial charge in [-0.15, -0.1) is 0 Å². The Labute approximate surface area is 159 Å². The largest absolute Gasteiger partial charge is 0.481 e. The number of thioether (sulfide) groups is 1. The first kappa shape index (κ1) is 20.2. The van der Waals surface area contributed by atoms with Crippen LogP contribution >= 0.6 is 11.8 Å². The topological polar surface area (TPSA) is 83.5 Å². The first-order valence-corrected chi connectivity index (χ1v) is 10.9. The molecule has 26 heavy (non-hydrogen) atoms. The molecule has 2 N–H and O–H groups in total. The van der Waals surface area contributed by atoms with Gasteiger partial charge in [-0.3, -0.25) is 13.8 Å². The smallest absolute Gasteiger partial charge is 0.304 e. The molecule has 0 aromatic heterocycles. The van der Waals surface area contributed by atoms with Crippen molar-refractivity contribution < 1.29 is 18.9 Å². The summed E-state index contributed by atoms with van der Waals surface area (Å²) in [6.45, 7) is 0. The average Bonchev–Trinajstić information content (AvgIpc) is 2.58. The van der Waals surface area contributed by atoms with E-state index in [0.29, 0.717) is 28.5 Å². The summed E-state index contributed by atoms with van der Waals surface area (Å²) in [6.07, 6.45) is 1.77. The van der Waals surface area contributed by atoms with E-state index in [1.165, 1.54) is 0 Å². The number of hydrogen-bond acceptors (Lipinski definition) is 4. The average molecular weight is 392 g/mol. The number of anilines is 1. The Bertz CT molecular complexity index is 808. The lowest BCUT2D eigenvalue weighted by Gasteiger charge is -2.08. The maximum absolute atomic E-state index is 12.4. The van der Waals surface area contributed by atoms with E-state index in [4.69, 9.17) is 5.11 Å².